The van der Waals surface area contributed by atoms with Crippen LogP contribution in [-0.2, 0) is 4.79 Å². The molecule has 0 spiro atoms. The molecule has 2 fully saturated rings. The number of benzene rings is 1. The summed E-state index contributed by atoms with van der Waals surface area (Å²) in [6.45, 7) is 1.39. The summed E-state index contributed by atoms with van der Waals surface area (Å²) in [5.74, 6) is 1.16. The van der Waals surface area contributed by atoms with Gasteiger partial charge in [-0.2, -0.15) is 5.10 Å². The molecule has 1 saturated heterocycles. The van der Waals surface area contributed by atoms with Crippen LogP contribution in [-0.4, -0.2) is 36.3 Å². The molecule has 1 aromatic carbocycles. The molecule has 0 atom stereocenters. The van der Waals surface area contributed by atoms with E-state index in [2.05, 4.69) is 25.9 Å². The molecule has 4 rings (SSSR count). The highest BCUT2D eigenvalue weighted by molar-refractivity contribution is 6.35. The molecule has 0 unspecified atom stereocenters. The van der Waals surface area contributed by atoms with Gasteiger partial charge in [0, 0.05) is 25.1 Å². The zero-order valence-corrected chi connectivity index (χ0v) is 17.6. The van der Waals surface area contributed by atoms with Crippen molar-refractivity contribution in [2.24, 2.45) is 5.92 Å². The molecule has 7 nitrogen and oxygen atoms in total. The maximum absolute atomic E-state index is 14.4. The molecule has 0 radical (unpaired) electrons. The molecule has 2 aromatic rings. The number of methoxy groups -OCH3 is 1. The van der Waals surface area contributed by atoms with Crippen molar-refractivity contribution in [2.75, 3.05) is 30.5 Å². The zero-order chi connectivity index (χ0) is 21.1. The molecular weight excluding hydrogens is 409 g/mol. The monoisotopic (exact) mass is 433 g/mol. The minimum absolute atomic E-state index is 0.0743. The van der Waals surface area contributed by atoms with Crippen LogP contribution >= 0.6 is 11.6 Å². The first-order valence-corrected chi connectivity index (χ1v) is 10.6. The Kier molecular flexibility index (Phi) is 6.22. The minimum Gasteiger partial charge on any atom is -0.496 e. The van der Waals surface area contributed by atoms with E-state index in [-0.39, 0.29) is 17.6 Å². The number of amides is 1. The fraction of sp³-hybridized carbons (Fsp3) is 0.476. The lowest BCUT2D eigenvalue weighted by Crippen LogP contribution is -2.34. The molecule has 1 amide bonds. The Hall–Kier alpha value is -2.61. The fourth-order valence-electron chi connectivity index (χ4n) is 3.93. The van der Waals surface area contributed by atoms with Gasteiger partial charge in [-0.05, 0) is 49.7 Å². The normalized spacial score (nSPS) is 17.0. The SMILES string of the molecule is COc1cccc(F)c1C1CCN(c2cnnc(NNC(=O)CC3CC3)c2Cl)CC1. The first-order chi connectivity index (χ1) is 14.6. The molecule has 1 aliphatic heterocycles. The summed E-state index contributed by atoms with van der Waals surface area (Å²) >= 11 is 6.53. The van der Waals surface area contributed by atoms with Crippen molar-refractivity contribution in [1.82, 2.24) is 15.6 Å². The molecule has 1 aliphatic carbocycles. The van der Waals surface area contributed by atoms with E-state index in [1.807, 2.05) is 0 Å². The average molecular weight is 434 g/mol. The van der Waals surface area contributed by atoms with Crippen LogP contribution < -0.4 is 20.5 Å². The number of hydrazine groups is 1. The lowest BCUT2D eigenvalue weighted by molar-refractivity contribution is -0.120. The Labute approximate surface area is 179 Å². The van der Waals surface area contributed by atoms with Crippen LogP contribution in [0.2, 0.25) is 5.02 Å². The van der Waals surface area contributed by atoms with Crippen molar-refractivity contribution in [3.63, 3.8) is 0 Å². The molecule has 1 aromatic heterocycles. The second-order valence-electron chi connectivity index (χ2n) is 7.83. The van der Waals surface area contributed by atoms with Gasteiger partial charge in [-0.1, -0.05) is 17.7 Å². The van der Waals surface area contributed by atoms with Crippen LogP contribution in [0.1, 0.15) is 43.6 Å². The maximum Gasteiger partial charge on any atom is 0.238 e. The number of hydrogen-bond acceptors (Lipinski definition) is 6. The van der Waals surface area contributed by atoms with Crippen molar-refractivity contribution in [2.45, 2.75) is 38.0 Å². The number of carbonyl (C=O) groups excluding carboxylic acids is 1. The number of carbonyl (C=O) groups is 1. The van der Waals surface area contributed by atoms with Crippen LogP contribution in [0.25, 0.3) is 0 Å². The minimum atomic E-state index is -0.232. The largest absolute Gasteiger partial charge is 0.496 e. The van der Waals surface area contributed by atoms with E-state index < -0.39 is 0 Å². The number of nitrogens with one attached hydrogen (secondary N) is 2. The quantitative estimate of drug-likeness (QED) is 0.644. The zero-order valence-electron chi connectivity index (χ0n) is 16.8. The Bertz CT molecular complexity index is 916. The van der Waals surface area contributed by atoms with Crippen molar-refractivity contribution in [3.8, 4) is 5.75 Å². The number of nitrogens with zero attached hydrogens (tertiary/aromatic N) is 3. The third-order valence-corrected chi connectivity index (χ3v) is 6.11. The fourth-order valence-corrected chi connectivity index (χ4v) is 4.18. The van der Waals surface area contributed by atoms with Gasteiger partial charge >= 0.3 is 0 Å². The van der Waals surface area contributed by atoms with E-state index in [1.165, 1.54) is 6.07 Å². The van der Waals surface area contributed by atoms with E-state index in [0.717, 1.165) is 31.4 Å². The predicted molar refractivity (Wildman–Crippen MR) is 113 cm³/mol. The molecule has 2 heterocycles. The van der Waals surface area contributed by atoms with Gasteiger partial charge in [0.15, 0.2) is 5.82 Å². The summed E-state index contributed by atoms with van der Waals surface area (Å²) in [5, 5.41) is 8.42. The third-order valence-electron chi connectivity index (χ3n) is 5.74. The third kappa shape index (κ3) is 4.59. The van der Waals surface area contributed by atoms with Gasteiger partial charge in [-0.3, -0.25) is 15.6 Å². The van der Waals surface area contributed by atoms with Crippen molar-refractivity contribution >= 4 is 29.0 Å². The van der Waals surface area contributed by atoms with E-state index in [0.29, 0.717) is 47.6 Å². The van der Waals surface area contributed by atoms with Crippen LogP contribution in [0.15, 0.2) is 24.4 Å². The van der Waals surface area contributed by atoms with E-state index in [9.17, 15) is 9.18 Å². The van der Waals surface area contributed by atoms with Gasteiger partial charge in [-0.25, -0.2) is 4.39 Å². The van der Waals surface area contributed by atoms with E-state index in [4.69, 9.17) is 16.3 Å². The number of aromatic nitrogens is 2. The van der Waals surface area contributed by atoms with Crippen molar-refractivity contribution in [1.29, 1.82) is 0 Å². The second-order valence-corrected chi connectivity index (χ2v) is 8.21. The second kappa shape index (κ2) is 9.04. The van der Waals surface area contributed by atoms with Crippen LogP contribution in [0.3, 0.4) is 0 Å². The predicted octanol–water partition coefficient (Wildman–Crippen LogP) is 3.90. The van der Waals surface area contributed by atoms with Gasteiger partial charge in [0.1, 0.15) is 16.6 Å². The van der Waals surface area contributed by atoms with Crippen molar-refractivity contribution in [3.05, 3.63) is 40.8 Å². The standard InChI is InChI=1S/C21H25ClFN5O2/c1-30-17-4-2-3-15(23)19(17)14-7-9-28(10-8-14)16-12-24-26-21(20(16)22)27-25-18(29)11-13-5-6-13/h2-4,12-14H,5-11H2,1H3,(H,25,29)(H,26,27). The molecule has 2 aliphatic rings. The van der Waals surface area contributed by atoms with E-state index in [1.54, 1.807) is 25.4 Å². The summed E-state index contributed by atoms with van der Waals surface area (Å²) in [6.07, 6.45) is 5.86. The molecule has 1 saturated carbocycles. The summed E-state index contributed by atoms with van der Waals surface area (Å²) in [7, 11) is 1.56. The highest BCUT2D eigenvalue weighted by atomic mass is 35.5. The summed E-state index contributed by atoms with van der Waals surface area (Å²) in [5.41, 5.74) is 6.80. The highest BCUT2D eigenvalue weighted by Gasteiger charge is 2.28. The number of halogens is 2. The number of piperidine rings is 1. The Morgan fingerprint density at radius 1 is 1.30 bits per heavy atom. The number of ether oxygens (including phenoxy) is 1. The molecule has 160 valence electrons. The number of rotatable bonds is 7. The van der Waals surface area contributed by atoms with Gasteiger partial charge in [0.2, 0.25) is 5.91 Å². The topological polar surface area (TPSA) is 79.4 Å². The van der Waals surface area contributed by atoms with Crippen LogP contribution in [0.5, 0.6) is 5.75 Å². The summed E-state index contributed by atoms with van der Waals surface area (Å²) in [4.78, 5) is 14.0. The first kappa shape index (κ1) is 20.7. The first-order valence-electron chi connectivity index (χ1n) is 10.2. The smallest absolute Gasteiger partial charge is 0.238 e. The Morgan fingerprint density at radius 3 is 2.77 bits per heavy atom. The van der Waals surface area contributed by atoms with Gasteiger partial charge < -0.3 is 9.64 Å². The van der Waals surface area contributed by atoms with Gasteiger partial charge in [-0.15, -0.1) is 5.10 Å². The Balaban J connectivity index is 1.40. The Morgan fingerprint density at radius 2 is 2.07 bits per heavy atom. The van der Waals surface area contributed by atoms with Gasteiger partial charge in [0.05, 0.1) is 19.0 Å². The van der Waals surface area contributed by atoms with Crippen LogP contribution in [0.4, 0.5) is 15.9 Å². The molecule has 9 heteroatoms. The molecule has 30 heavy (non-hydrogen) atoms. The molecule has 2 N–H and O–H groups in total. The lowest BCUT2D eigenvalue weighted by Gasteiger charge is -2.34. The summed E-state index contributed by atoms with van der Waals surface area (Å²) in [6, 6.07) is 4.93. The average Bonchev–Trinajstić information content (AvgIpc) is 3.57. The number of hydrogen-bond donors (Lipinski definition) is 2. The highest BCUT2D eigenvalue weighted by Crippen LogP contribution is 2.39. The molecule has 0 bridgehead atoms. The van der Waals surface area contributed by atoms with Gasteiger partial charge in [0.25, 0.3) is 0 Å². The van der Waals surface area contributed by atoms with Crippen LogP contribution in [0, 0.1) is 11.7 Å². The number of anilines is 2. The lowest BCUT2D eigenvalue weighted by atomic mass is 9.88. The maximum atomic E-state index is 14.4. The van der Waals surface area contributed by atoms with E-state index >= 15 is 0 Å². The summed E-state index contributed by atoms with van der Waals surface area (Å²) < 4.78 is 19.8. The molecular formula is C21H25ClFN5O2. The van der Waals surface area contributed by atoms with Crippen molar-refractivity contribution < 1.29 is 13.9 Å².